The van der Waals surface area contributed by atoms with E-state index in [1.54, 1.807) is 19.4 Å². The van der Waals surface area contributed by atoms with Gasteiger partial charge in [-0.1, -0.05) is 11.6 Å². The molecule has 0 atom stereocenters. The minimum absolute atomic E-state index is 0.0000806. The smallest absolute Gasteiger partial charge is 0.416 e. The number of rotatable bonds is 6. The van der Waals surface area contributed by atoms with E-state index in [0.717, 1.165) is 56.1 Å². The average Bonchev–Trinajstić information content (AvgIpc) is 2.73. The number of benzene rings is 1. The van der Waals surface area contributed by atoms with Gasteiger partial charge in [-0.15, -0.1) is 0 Å². The number of hydrogen-bond acceptors (Lipinski definition) is 4. The van der Waals surface area contributed by atoms with Gasteiger partial charge in [-0.05, 0) is 62.8 Å². The zero-order valence-electron chi connectivity index (χ0n) is 17.4. The van der Waals surface area contributed by atoms with Gasteiger partial charge in [0.25, 0.3) is 5.91 Å². The number of carbonyl (C=O) groups excluding carboxylic acids is 1. The minimum atomic E-state index is -4.53. The summed E-state index contributed by atoms with van der Waals surface area (Å²) in [4.78, 5) is 16.8. The van der Waals surface area contributed by atoms with Crippen LogP contribution in [0.3, 0.4) is 0 Å². The van der Waals surface area contributed by atoms with Crippen LogP contribution >= 0.6 is 11.6 Å². The van der Waals surface area contributed by atoms with E-state index in [0.29, 0.717) is 11.8 Å². The molecule has 0 saturated heterocycles. The standard InChI is InChI=1S/C22H25ClF3N3O2/c1-21(29-20(30)17-11-15(22(24,25)26)3-5-18(17)23)9-7-14(8-10-21)12-27-16-4-6-19(31-2)28-13-16/h3-6,11,13-14,27H,7-10,12H2,1-2H3,(H,29,30). The first-order chi connectivity index (χ1) is 14.6. The highest BCUT2D eigenvalue weighted by molar-refractivity contribution is 6.33. The second kappa shape index (κ2) is 9.34. The highest BCUT2D eigenvalue weighted by atomic mass is 35.5. The first-order valence-corrected chi connectivity index (χ1v) is 10.4. The van der Waals surface area contributed by atoms with E-state index < -0.39 is 23.2 Å². The van der Waals surface area contributed by atoms with Gasteiger partial charge in [-0.2, -0.15) is 13.2 Å². The van der Waals surface area contributed by atoms with Gasteiger partial charge < -0.3 is 15.4 Å². The Kier molecular flexibility index (Phi) is 6.99. The van der Waals surface area contributed by atoms with Crippen LogP contribution < -0.4 is 15.4 Å². The molecule has 1 aromatic carbocycles. The van der Waals surface area contributed by atoms with E-state index in [9.17, 15) is 18.0 Å². The SMILES string of the molecule is COc1ccc(NCC2CCC(C)(NC(=O)c3cc(C(F)(F)F)ccc3Cl)CC2)cn1. The Morgan fingerprint density at radius 3 is 2.55 bits per heavy atom. The van der Waals surface area contributed by atoms with Crippen LogP contribution in [0.15, 0.2) is 36.5 Å². The van der Waals surface area contributed by atoms with Crippen molar-refractivity contribution in [3.8, 4) is 5.88 Å². The maximum atomic E-state index is 13.0. The van der Waals surface area contributed by atoms with Crippen LogP contribution in [0, 0.1) is 5.92 Å². The number of amides is 1. The van der Waals surface area contributed by atoms with Crippen LogP contribution in [-0.2, 0) is 6.18 Å². The summed E-state index contributed by atoms with van der Waals surface area (Å²) in [6.45, 7) is 2.70. The molecular weight excluding hydrogens is 431 g/mol. The Morgan fingerprint density at radius 1 is 1.26 bits per heavy atom. The first-order valence-electron chi connectivity index (χ1n) is 10.0. The van der Waals surface area contributed by atoms with Crippen molar-refractivity contribution < 1.29 is 22.7 Å². The summed E-state index contributed by atoms with van der Waals surface area (Å²) in [7, 11) is 1.56. The largest absolute Gasteiger partial charge is 0.481 e. The number of methoxy groups -OCH3 is 1. The van der Waals surface area contributed by atoms with E-state index in [-0.39, 0.29) is 10.6 Å². The Hall–Kier alpha value is -2.48. The lowest BCUT2D eigenvalue weighted by Gasteiger charge is -2.38. The summed E-state index contributed by atoms with van der Waals surface area (Å²) in [5.41, 5.74) is -0.641. The van der Waals surface area contributed by atoms with Gasteiger partial charge in [-0.25, -0.2) is 4.98 Å². The highest BCUT2D eigenvalue weighted by Crippen LogP contribution is 2.34. The number of halogens is 4. The average molecular weight is 456 g/mol. The molecule has 1 aromatic heterocycles. The van der Waals surface area contributed by atoms with Crippen molar-refractivity contribution in [3.63, 3.8) is 0 Å². The minimum Gasteiger partial charge on any atom is -0.481 e. The lowest BCUT2D eigenvalue weighted by atomic mass is 9.77. The molecule has 1 aliphatic carbocycles. The number of nitrogens with zero attached hydrogens (tertiary/aromatic N) is 1. The van der Waals surface area contributed by atoms with Gasteiger partial charge >= 0.3 is 6.18 Å². The maximum absolute atomic E-state index is 13.0. The molecule has 0 unspecified atom stereocenters. The molecule has 31 heavy (non-hydrogen) atoms. The second-order valence-corrected chi connectivity index (χ2v) is 8.53. The molecule has 1 amide bonds. The fourth-order valence-electron chi connectivity index (χ4n) is 3.73. The maximum Gasteiger partial charge on any atom is 0.416 e. The Balaban J connectivity index is 1.55. The molecule has 9 heteroatoms. The van der Waals surface area contributed by atoms with Gasteiger partial charge in [-0.3, -0.25) is 4.79 Å². The third-order valence-electron chi connectivity index (χ3n) is 5.70. The van der Waals surface area contributed by atoms with Crippen LogP contribution in [0.5, 0.6) is 5.88 Å². The normalized spacial score (nSPS) is 21.4. The quantitative estimate of drug-likeness (QED) is 0.599. The predicted molar refractivity (Wildman–Crippen MR) is 114 cm³/mol. The Morgan fingerprint density at radius 2 is 1.97 bits per heavy atom. The van der Waals surface area contributed by atoms with Crippen LogP contribution in [0.2, 0.25) is 5.02 Å². The van der Waals surface area contributed by atoms with Gasteiger partial charge in [0.1, 0.15) is 0 Å². The number of carbonyl (C=O) groups is 1. The van der Waals surface area contributed by atoms with Gasteiger partial charge in [0.15, 0.2) is 0 Å². The summed E-state index contributed by atoms with van der Waals surface area (Å²) < 4.78 is 44.0. The molecule has 1 heterocycles. The zero-order chi connectivity index (χ0) is 22.6. The number of nitrogens with one attached hydrogen (secondary N) is 2. The fraction of sp³-hybridized carbons (Fsp3) is 0.455. The number of ether oxygens (including phenoxy) is 1. The summed E-state index contributed by atoms with van der Waals surface area (Å²) in [5.74, 6) is 0.388. The molecule has 2 aromatic rings. The van der Waals surface area contributed by atoms with E-state index in [2.05, 4.69) is 15.6 Å². The first kappa shape index (κ1) is 23.2. The number of hydrogen-bond donors (Lipinski definition) is 2. The molecule has 1 aliphatic rings. The van der Waals surface area contributed by atoms with E-state index >= 15 is 0 Å². The molecule has 0 spiro atoms. The molecule has 0 radical (unpaired) electrons. The van der Waals surface area contributed by atoms with Gasteiger partial charge in [0.05, 0.1) is 35.1 Å². The lowest BCUT2D eigenvalue weighted by molar-refractivity contribution is -0.137. The second-order valence-electron chi connectivity index (χ2n) is 8.12. The molecule has 1 saturated carbocycles. The van der Waals surface area contributed by atoms with Crippen molar-refractivity contribution in [1.29, 1.82) is 0 Å². The number of anilines is 1. The molecule has 1 fully saturated rings. The predicted octanol–water partition coefficient (Wildman–Crippen LogP) is 5.55. The monoisotopic (exact) mass is 455 g/mol. The summed E-state index contributed by atoms with van der Waals surface area (Å²) >= 11 is 6.00. The van der Waals surface area contributed by atoms with Crippen LogP contribution in [-0.4, -0.2) is 30.1 Å². The van der Waals surface area contributed by atoms with Crippen molar-refractivity contribution in [2.75, 3.05) is 19.0 Å². The van der Waals surface area contributed by atoms with Crippen molar-refractivity contribution in [3.05, 3.63) is 52.7 Å². The van der Waals surface area contributed by atoms with Crippen molar-refractivity contribution >= 4 is 23.2 Å². The van der Waals surface area contributed by atoms with E-state index in [4.69, 9.17) is 16.3 Å². The summed E-state index contributed by atoms with van der Waals surface area (Å²) in [6.07, 6.45) is 0.386. The van der Waals surface area contributed by atoms with Gasteiger partial charge in [0, 0.05) is 18.2 Å². The number of alkyl halides is 3. The molecule has 168 valence electrons. The molecule has 0 bridgehead atoms. The van der Waals surface area contributed by atoms with Crippen LogP contribution in [0.1, 0.15) is 48.5 Å². The van der Waals surface area contributed by atoms with Gasteiger partial charge in [0.2, 0.25) is 5.88 Å². The van der Waals surface area contributed by atoms with Crippen molar-refractivity contribution in [2.24, 2.45) is 5.92 Å². The molecule has 3 rings (SSSR count). The summed E-state index contributed by atoms with van der Waals surface area (Å²) in [5, 5.41) is 6.26. The number of pyridine rings is 1. The molecule has 2 N–H and O–H groups in total. The Labute approximate surface area is 184 Å². The fourth-order valence-corrected chi connectivity index (χ4v) is 3.93. The third kappa shape index (κ3) is 6.03. The number of aromatic nitrogens is 1. The lowest BCUT2D eigenvalue weighted by Crippen LogP contribution is -2.48. The molecular formula is C22H25ClF3N3O2. The van der Waals surface area contributed by atoms with Crippen molar-refractivity contribution in [1.82, 2.24) is 10.3 Å². The van der Waals surface area contributed by atoms with Crippen molar-refractivity contribution in [2.45, 2.75) is 44.3 Å². The van der Waals surface area contributed by atoms with E-state index in [1.165, 1.54) is 0 Å². The third-order valence-corrected chi connectivity index (χ3v) is 6.03. The van der Waals surface area contributed by atoms with Crippen LogP contribution in [0.25, 0.3) is 0 Å². The topological polar surface area (TPSA) is 63.2 Å². The summed E-state index contributed by atoms with van der Waals surface area (Å²) in [6, 6.07) is 6.47. The molecule has 0 aliphatic heterocycles. The Bertz CT molecular complexity index is 911. The van der Waals surface area contributed by atoms with E-state index in [1.807, 2.05) is 13.0 Å². The molecule has 5 nitrogen and oxygen atoms in total. The highest BCUT2D eigenvalue weighted by Gasteiger charge is 2.35. The zero-order valence-corrected chi connectivity index (χ0v) is 18.1. The van der Waals surface area contributed by atoms with Crippen LogP contribution in [0.4, 0.5) is 18.9 Å².